The molecular weight excluding hydrogens is 318 g/mol. The Balaban J connectivity index is 1.57. The van der Waals surface area contributed by atoms with E-state index in [1.54, 1.807) is 36.5 Å². The number of hydrogen-bond donors (Lipinski definition) is 0. The van der Waals surface area contributed by atoms with Crippen LogP contribution in [0.4, 0.5) is 0 Å². The monoisotopic (exact) mass is 339 g/mol. The van der Waals surface area contributed by atoms with E-state index in [0.717, 1.165) is 11.3 Å². The van der Waals surface area contributed by atoms with E-state index < -0.39 is 0 Å². The minimum Gasteiger partial charge on any atom is -0.496 e. The van der Waals surface area contributed by atoms with Crippen molar-refractivity contribution in [3.63, 3.8) is 0 Å². The summed E-state index contributed by atoms with van der Waals surface area (Å²) in [4.78, 5) is 32.5. The Labute approximate surface area is 147 Å². The fourth-order valence-electron chi connectivity index (χ4n) is 2.96. The van der Waals surface area contributed by atoms with Gasteiger partial charge in [0, 0.05) is 49.7 Å². The first-order valence-electron chi connectivity index (χ1n) is 8.28. The number of nitrogens with zero attached hydrogens (tertiary/aromatic N) is 3. The van der Waals surface area contributed by atoms with Gasteiger partial charge in [-0.3, -0.25) is 14.6 Å². The first-order chi connectivity index (χ1) is 12.2. The summed E-state index contributed by atoms with van der Waals surface area (Å²) in [5.41, 5.74) is 1.51. The Hall–Kier alpha value is -2.89. The number of para-hydroxylation sites is 1. The first-order valence-corrected chi connectivity index (χ1v) is 8.28. The number of pyridine rings is 1. The highest BCUT2D eigenvalue weighted by Gasteiger charge is 2.25. The molecule has 1 aliphatic heterocycles. The minimum absolute atomic E-state index is 0.0146. The second kappa shape index (κ2) is 7.79. The molecule has 1 saturated heterocycles. The Morgan fingerprint density at radius 3 is 2.32 bits per heavy atom. The number of carbonyl (C=O) groups excluding carboxylic acids is 2. The van der Waals surface area contributed by atoms with Gasteiger partial charge < -0.3 is 14.5 Å². The maximum Gasteiger partial charge on any atom is 0.254 e. The molecular formula is C19H21N3O3. The van der Waals surface area contributed by atoms with Gasteiger partial charge >= 0.3 is 0 Å². The zero-order valence-corrected chi connectivity index (χ0v) is 14.2. The molecule has 130 valence electrons. The number of amides is 2. The zero-order chi connectivity index (χ0) is 17.6. The Bertz CT molecular complexity index is 741. The molecule has 0 atom stereocenters. The number of aromatic nitrogens is 1. The lowest BCUT2D eigenvalue weighted by molar-refractivity contribution is -0.131. The highest BCUT2D eigenvalue weighted by molar-refractivity contribution is 5.94. The van der Waals surface area contributed by atoms with Gasteiger partial charge in [-0.15, -0.1) is 0 Å². The van der Waals surface area contributed by atoms with Crippen LogP contribution in [-0.4, -0.2) is 59.9 Å². The summed E-state index contributed by atoms with van der Waals surface area (Å²) in [5.74, 6) is 0.766. The van der Waals surface area contributed by atoms with Crippen LogP contribution in [0.3, 0.4) is 0 Å². The van der Waals surface area contributed by atoms with Crippen LogP contribution in [0.5, 0.6) is 5.75 Å². The predicted molar refractivity (Wildman–Crippen MR) is 93.4 cm³/mol. The van der Waals surface area contributed by atoms with Crippen LogP contribution in [-0.2, 0) is 11.2 Å². The molecule has 2 heterocycles. The third kappa shape index (κ3) is 3.96. The van der Waals surface area contributed by atoms with E-state index in [2.05, 4.69) is 4.98 Å². The number of ether oxygens (including phenoxy) is 1. The van der Waals surface area contributed by atoms with E-state index in [0.29, 0.717) is 38.2 Å². The quantitative estimate of drug-likeness (QED) is 0.849. The number of methoxy groups -OCH3 is 1. The normalized spacial score (nSPS) is 14.3. The molecule has 3 rings (SSSR count). The Kier molecular flexibility index (Phi) is 5.28. The number of carbonyl (C=O) groups is 2. The molecule has 0 saturated carbocycles. The molecule has 0 aliphatic carbocycles. The van der Waals surface area contributed by atoms with Gasteiger partial charge in [0.15, 0.2) is 0 Å². The summed E-state index contributed by atoms with van der Waals surface area (Å²) < 4.78 is 5.30. The van der Waals surface area contributed by atoms with Crippen LogP contribution in [0.25, 0.3) is 0 Å². The molecule has 25 heavy (non-hydrogen) atoms. The highest BCUT2D eigenvalue weighted by Crippen LogP contribution is 2.19. The van der Waals surface area contributed by atoms with Crippen LogP contribution in [0, 0.1) is 0 Å². The number of piperazine rings is 1. The second-order valence-corrected chi connectivity index (χ2v) is 5.90. The van der Waals surface area contributed by atoms with Crippen molar-refractivity contribution in [1.29, 1.82) is 0 Å². The Morgan fingerprint density at radius 2 is 1.64 bits per heavy atom. The van der Waals surface area contributed by atoms with Crippen LogP contribution < -0.4 is 4.74 Å². The van der Waals surface area contributed by atoms with Crippen LogP contribution >= 0.6 is 0 Å². The van der Waals surface area contributed by atoms with Gasteiger partial charge in [-0.2, -0.15) is 0 Å². The fraction of sp³-hybridized carbons (Fsp3) is 0.316. The van der Waals surface area contributed by atoms with Crippen LogP contribution in [0.1, 0.15) is 15.9 Å². The maximum atomic E-state index is 12.5. The van der Waals surface area contributed by atoms with E-state index in [4.69, 9.17) is 4.74 Å². The van der Waals surface area contributed by atoms with Crippen molar-refractivity contribution in [3.05, 3.63) is 59.9 Å². The molecule has 1 fully saturated rings. The largest absolute Gasteiger partial charge is 0.496 e. The SMILES string of the molecule is COc1ccccc1CC(=O)N1CCN(C(=O)c2ccncc2)CC1. The van der Waals surface area contributed by atoms with Gasteiger partial charge in [-0.25, -0.2) is 0 Å². The first kappa shape index (κ1) is 17.0. The smallest absolute Gasteiger partial charge is 0.254 e. The van der Waals surface area contributed by atoms with E-state index in [9.17, 15) is 9.59 Å². The number of benzene rings is 1. The molecule has 0 unspecified atom stereocenters. The van der Waals surface area contributed by atoms with Gasteiger partial charge in [0.05, 0.1) is 13.5 Å². The summed E-state index contributed by atoms with van der Waals surface area (Å²) in [6.45, 7) is 2.17. The van der Waals surface area contributed by atoms with Crippen LogP contribution in [0.15, 0.2) is 48.8 Å². The maximum absolute atomic E-state index is 12.5. The lowest BCUT2D eigenvalue weighted by atomic mass is 10.1. The molecule has 2 aromatic rings. The van der Waals surface area contributed by atoms with Crippen molar-refractivity contribution in [1.82, 2.24) is 14.8 Å². The minimum atomic E-state index is -0.0146. The standard InChI is InChI=1S/C19H21N3O3/c1-25-17-5-3-2-4-16(17)14-18(23)21-10-12-22(13-11-21)19(24)15-6-8-20-9-7-15/h2-9H,10-14H2,1H3. The number of rotatable bonds is 4. The van der Waals surface area contributed by atoms with Crippen molar-refractivity contribution in [2.45, 2.75) is 6.42 Å². The van der Waals surface area contributed by atoms with Crippen molar-refractivity contribution in [3.8, 4) is 5.75 Å². The number of hydrogen-bond acceptors (Lipinski definition) is 4. The predicted octanol–water partition coefficient (Wildman–Crippen LogP) is 1.62. The average Bonchev–Trinajstić information content (AvgIpc) is 2.68. The topological polar surface area (TPSA) is 62.7 Å². The summed E-state index contributed by atoms with van der Waals surface area (Å²) in [6.07, 6.45) is 3.53. The molecule has 6 nitrogen and oxygen atoms in total. The van der Waals surface area contributed by atoms with Crippen molar-refractivity contribution in [2.24, 2.45) is 0 Å². The molecule has 0 radical (unpaired) electrons. The summed E-state index contributed by atoms with van der Waals surface area (Å²) in [7, 11) is 1.60. The lowest BCUT2D eigenvalue weighted by Crippen LogP contribution is -2.51. The van der Waals surface area contributed by atoms with E-state index in [1.807, 2.05) is 29.2 Å². The van der Waals surface area contributed by atoms with Crippen molar-refractivity contribution >= 4 is 11.8 Å². The Morgan fingerprint density at radius 1 is 1.00 bits per heavy atom. The molecule has 0 N–H and O–H groups in total. The third-order valence-electron chi connectivity index (χ3n) is 4.38. The van der Waals surface area contributed by atoms with Gasteiger partial charge in [-0.05, 0) is 18.2 Å². The summed E-state index contributed by atoms with van der Waals surface area (Å²) >= 11 is 0. The highest BCUT2D eigenvalue weighted by atomic mass is 16.5. The fourth-order valence-corrected chi connectivity index (χ4v) is 2.96. The molecule has 2 amide bonds. The van der Waals surface area contributed by atoms with Crippen LogP contribution in [0.2, 0.25) is 0 Å². The summed E-state index contributed by atoms with van der Waals surface area (Å²) in [5, 5.41) is 0. The zero-order valence-electron chi connectivity index (χ0n) is 14.2. The molecule has 0 spiro atoms. The lowest BCUT2D eigenvalue weighted by Gasteiger charge is -2.35. The van der Waals surface area contributed by atoms with E-state index >= 15 is 0 Å². The third-order valence-corrected chi connectivity index (χ3v) is 4.38. The summed E-state index contributed by atoms with van der Waals surface area (Å²) in [6, 6.07) is 11.0. The molecule has 1 aliphatic rings. The van der Waals surface area contributed by atoms with E-state index in [1.165, 1.54) is 0 Å². The van der Waals surface area contributed by atoms with Crippen molar-refractivity contribution in [2.75, 3.05) is 33.3 Å². The van der Waals surface area contributed by atoms with E-state index in [-0.39, 0.29) is 11.8 Å². The average molecular weight is 339 g/mol. The molecule has 0 bridgehead atoms. The molecule has 6 heteroatoms. The van der Waals surface area contributed by atoms with Gasteiger partial charge in [-0.1, -0.05) is 18.2 Å². The molecule has 1 aromatic carbocycles. The molecule has 1 aromatic heterocycles. The van der Waals surface area contributed by atoms with Gasteiger partial charge in [0.2, 0.25) is 5.91 Å². The second-order valence-electron chi connectivity index (χ2n) is 5.90. The van der Waals surface area contributed by atoms with Gasteiger partial charge in [0.1, 0.15) is 5.75 Å². The van der Waals surface area contributed by atoms with Crippen molar-refractivity contribution < 1.29 is 14.3 Å². The van der Waals surface area contributed by atoms with Gasteiger partial charge in [0.25, 0.3) is 5.91 Å².